The molecule has 0 heterocycles. The number of carbonyl (C=O) groups excluding carboxylic acids is 4. The largest absolute Gasteiger partial charge is 0.481 e. The summed E-state index contributed by atoms with van der Waals surface area (Å²) in [5.41, 5.74) is 3.25. The van der Waals surface area contributed by atoms with Gasteiger partial charge in [-0.2, -0.15) is 0 Å². The predicted octanol–water partition coefficient (Wildman–Crippen LogP) is 8.98. The van der Waals surface area contributed by atoms with Crippen molar-refractivity contribution < 1.29 is 29.1 Å². The number of hydrogen-bond donors (Lipinski definition) is 4. The van der Waals surface area contributed by atoms with Crippen LogP contribution in [0.1, 0.15) is 148 Å². The molecule has 9 heteroatoms. The minimum Gasteiger partial charge on any atom is -0.481 e. The van der Waals surface area contributed by atoms with Crippen LogP contribution in [0.15, 0.2) is 35.4 Å². The molecule has 0 aromatic heterocycles. The van der Waals surface area contributed by atoms with Gasteiger partial charge in [0.25, 0.3) is 5.91 Å². The maximum Gasteiger partial charge on any atom is 0.306 e. The minimum atomic E-state index is -0.768. The second kappa shape index (κ2) is 17.4. The van der Waals surface area contributed by atoms with E-state index < -0.39 is 16.9 Å². The lowest BCUT2D eigenvalue weighted by Gasteiger charge is -2.67. The third kappa shape index (κ3) is 8.43. The van der Waals surface area contributed by atoms with Crippen molar-refractivity contribution in [2.24, 2.45) is 75.4 Å². The molecule has 2 amide bonds. The van der Waals surface area contributed by atoms with E-state index in [4.69, 9.17) is 0 Å². The van der Waals surface area contributed by atoms with Crippen molar-refractivity contribution in [3.63, 3.8) is 0 Å². The zero-order valence-corrected chi connectivity index (χ0v) is 38.8. The average Bonchev–Trinajstić information content (AvgIpc) is 3.46. The summed E-state index contributed by atoms with van der Waals surface area (Å²) in [5, 5.41) is 18.5. The number of fused-ring (bicyclic) bond motifs is 7. The predicted molar refractivity (Wildman–Crippen MR) is 237 cm³/mol. The first-order valence-corrected chi connectivity index (χ1v) is 23.4. The smallest absolute Gasteiger partial charge is 0.306 e. The van der Waals surface area contributed by atoms with Crippen LogP contribution < -0.4 is 16.0 Å². The molecule has 6 aliphatic rings. The van der Waals surface area contributed by atoms with E-state index in [0.717, 1.165) is 56.1 Å². The Morgan fingerprint density at radius 3 is 2.10 bits per heavy atom. The number of aryl methyl sites for hydroxylation is 1. The monoisotopic (exact) mass is 828 g/mol. The Balaban J connectivity index is 0.00000195. The fourth-order valence-electron chi connectivity index (χ4n) is 14.4. The Kier molecular flexibility index (Phi) is 13.4. The van der Waals surface area contributed by atoms with E-state index in [1.807, 2.05) is 66.1 Å². The Bertz CT molecular complexity index is 1850. The van der Waals surface area contributed by atoms with Crippen molar-refractivity contribution in [2.75, 3.05) is 20.6 Å². The van der Waals surface area contributed by atoms with E-state index in [0.29, 0.717) is 73.3 Å². The number of benzene rings is 1. The molecule has 4 N–H and O–H groups in total. The second-order valence-corrected chi connectivity index (χ2v) is 22.0. The summed E-state index contributed by atoms with van der Waals surface area (Å²) >= 11 is 0. The van der Waals surface area contributed by atoms with Crippen molar-refractivity contribution in [1.29, 1.82) is 0 Å². The molecular formula is C51H77N3O6. The first-order valence-electron chi connectivity index (χ1n) is 23.4. The van der Waals surface area contributed by atoms with E-state index in [9.17, 15) is 29.1 Å². The minimum absolute atomic E-state index is 0.0490. The van der Waals surface area contributed by atoms with Crippen molar-refractivity contribution >= 4 is 29.4 Å². The van der Waals surface area contributed by atoms with Crippen molar-refractivity contribution in [1.82, 2.24) is 16.0 Å². The van der Waals surface area contributed by atoms with Gasteiger partial charge in [-0.3, -0.25) is 24.0 Å². The van der Waals surface area contributed by atoms with Gasteiger partial charge < -0.3 is 21.1 Å². The van der Waals surface area contributed by atoms with Gasteiger partial charge in [-0.15, -0.1) is 0 Å². The number of amides is 2. The van der Waals surface area contributed by atoms with Crippen molar-refractivity contribution in [2.45, 2.75) is 145 Å². The van der Waals surface area contributed by atoms with Crippen LogP contribution >= 0.6 is 0 Å². The normalized spacial score (nSPS) is 37.0. The number of ketones is 2. The van der Waals surface area contributed by atoms with Crippen LogP contribution in [0.4, 0.5) is 0 Å². The van der Waals surface area contributed by atoms with E-state index in [-0.39, 0.29) is 57.9 Å². The molecule has 9 nitrogen and oxygen atoms in total. The van der Waals surface area contributed by atoms with Crippen LogP contribution in [0, 0.1) is 82.3 Å². The van der Waals surface area contributed by atoms with Crippen LogP contribution in [-0.4, -0.2) is 60.6 Å². The van der Waals surface area contributed by atoms with Gasteiger partial charge in [0.2, 0.25) is 5.91 Å². The fourth-order valence-corrected chi connectivity index (χ4v) is 14.4. The second-order valence-electron chi connectivity index (χ2n) is 22.0. The highest BCUT2D eigenvalue weighted by molar-refractivity contribution is 6.01. The summed E-state index contributed by atoms with van der Waals surface area (Å²) in [6.07, 6.45) is 10.5. The molecule has 5 saturated carbocycles. The van der Waals surface area contributed by atoms with Crippen LogP contribution in [0.25, 0.3) is 0 Å². The Hall–Kier alpha value is -3.33. The summed E-state index contributed by atoms with van der Waals surface area (Å²) < 4.78 is 0. The van der Waals surface area contributed by atoms with E-state index in [1.54, 1.807) is 0 Å². The van der Waals surface area contributed by atoms with E-state index in [2.05, 4.69) is 50.6 Å². The molecule has 60 heavy (non-hydrogen) atoms. The molecule has 12 unspecified atom stereocenters. The van der Waals surface area contributed by atoms with Gasteiger partial charge in [-0.05, 0) is 169 Å². The number of aliphatic carboxylic acids is 1. The van der Waals surface area contributed by atoms with Gasteiger partial charge in [0.15, 0.2) is 5.78 Å². The first-order chi connectivity index (χ1) is 28.1. The standard InChI is InChI=1S/C49H70N2O6.C2H7N/c1-27(2)42-39(53)24-49(25-41(54)50-26-46(6,7)51-44(55)31-12-10-28(3)11-13-31)21-18-37-33(43(42)49)14-15-40-47(8)19-16-32(29(4)36(47)17-20-48(37,40)9)22-38(52)34-23-35(30(34)5)45(56)57;1-3-2/h10-13,27,29-30,32-37,40H,14-26H2,1-9H3,(H,50,54)(H,51,55)(H,56,57);3H,1-2H3. The number of carboxylic acids is 1. The maximum absolute atomic E-state index is 14.0. The number of allylic oxidation sites excluding steroid dienone is 2. The molecule has 5 fully saturated rings. The molecule has 7 rings (SSSR count). The van der Waals surface area contributed by atoms with Gasteiger partial charge in [-0.25, -0.2) is 0 Å². The van der Waals surface area contributed by atoms with Crippen molar-refractivity contribution in [3.05, 3.63) is 46.5 Å². The summed E-state index contributed by atoms with van der Waals surface area (Å²) in [7, 11) is 3.75. The summed E-state index contributed by atoms with van der Waals surface area (Å²) in [5.74, 6) is 1.88. The Morgan fingerprint density at radius 2 is 1.48 bits per heavy atom. The lowest BCUT2D eigenvalue weighted by molar-refractivity contribution is -0.173. The molecular weight excluding hydrogens is 751 g/mol. The molecule has 6 aliphatic carbocycles. The van der Waals surface area contributed by atoms with Gasteiger partial charge in [0.1, 0.15) is 5.78 Å². The highest BCUT2D eigenvalue weighted by Crippen LogP contribution is 2.72. The summed E-state index contributed by atoms with van der Waals surface area (Å²) in [4.78, 5) is 66.1. The zero-order chi connectivity index (χ0) is 44.1. The number of carbonyl (C=O) groups is 5. The maximum atomic E-state index is 14.0. The van der Waals surface area contributed by atoms with E-state index >= 15 is 0 Å². The first kappa shape index (κ1) is 46.2. The molecule has 12 atom stereocenters. The highest BCUT2D eigenvalue weighted by atomic mass is 16.4. The molecule has 332 valence electrons. The van der Waals surface area contributed by atoms with Crippen LogP contribution in [0.5, 0.6) is 0 Å². The zero-order valence-electron chi connectivity index (χ0n) is 38.8. The SMILES string of the molecule is CNC.Cc1ccc(C(=O)NC(C)(C)CNC(=O)CC23CCC4C(CCC5C4(C)CCC4C(C)C(CC(=O)C6CC(C(=O)O)C6C)CCC45C)C2=C(C(C)C)C(=O)C3)cc1. The van der Waals surface area contributed by atoms with Gasteiger partial charge in [0.05, 0.1) is 11.5 Å². The lowest BCUT2D eigenvalue weighted by Crippen LogP contribution is -2.60. The quantitative estimate of drug-likeness (QED) is 0.175. The lowest BCUT2D eigenvalue weighted by atomic mass is 9.37. The number of nitrogens with one attached hydrogen (secondary N) is 3. The van der Waals surface area contributed by atoms with Gasteiger partial charge in [-0.1, -0.05) is 64.8 Å². The molecule has 0 aliphatic heterocycles. The van der Waals surface area contributed by atoms with Gasteiger partial charge in [0, 0.05) is 42.7 Å². The Labute approximate surface area is 360 Å². The number of hydrogen-bond acceptors (Lipinski definition) is 6. The fraction of sp³-hybridized carbons (Fsp3) is 0.745. The number of carboxylic acid groups (broad SMARTS) is 1. The topological polar surface area (TPSA) is 142 Å². The average molecular weight is 828 g/mol. The molecule has 1 aromatic rings. The Morgan fingerprint density at radius 1 is 0.867 bits per heavy atom. The van der Waals surface area contributed by atoms with E-state index in [1.165, 1.54) is 12.0 Å². The van der Waals surface area contributed by atoms with Crippen molar-refractivity contribution in [3.8, 4) is 0 Å². The molecule has 1 aromatic carbocycles. The molecule has 0 radical (unpaired) electrons. The molecule has 0 bridgehead atoms. The van der Waals surface area contributed by atoms with Crippen LogP contribution in [0.2, 0.25) is 0 Å². The number of Topliss-reactive ketones (excluding diaryl/α,β-unsaturated/α-hetero) is 2. The summed E-state index contributed by atoms with van der Waals surface area (Å²) in [6.45, 7) is 19.9. The molecule has 0 spiro atoms. The summed E-state index contributed by atoms with van der Waals surface area (Å²) in [6, 6.07) is 7.48. The third-order valence-electron chi connectivity index (χ3n) is 17.5. The van der Waals surface area contributed by atoms with Crippen LogP contribution in [-0.2, 0) is 19.2 Å². The number of rotatable bonds is 11. The van der Waals surface area contributed by atoms with Gasteiger partial charge >= 0.3 is 5.97 Å². The highest BCUT2D eigenvalue weighted by Gasteiger charge is 2.65. The van der Waals surface area contributed by atoms with Crippen LogP contribution in [0.3, 0.4) is 0 Å². The molecule has 0 saturated heterocycles. The third-order valence-corrected chi connectivity index (χ3v) is 17.5.